The molecule has 0 aromatic carbocycles. The summed E-state index contributed by atoms with van der Waals surface area (Å²) < 4.78 is 0. The first-order chi connectivity index (χ1) is 7.72. The number of rotatable bonds is 10. The monoisotopic (exact) mass is 225 g/mol. The van der Waals surface area contributed by atoms with Gasteiger partial charge < -0.3 is 5.32 Å². The van der Waals surface area contributed by atoms with E-state index in [1.807, 2.05) is 0 Å². The van der Waals surface area contributed by atoms with Crippen LogP contribution in [0.2, 0.25) is 0 Å². The van der Waals surface area contributed by atoms with Gasteiger partial charge in [-0.15, -0.1) is 0 Å². The Morgan fingerprint density at radius 2 is 1.75 bits per heavy atom. The number of hydrogen-bond acceptors (Lipinski definition) is 1. The summed E-state index contributed by atoms with van der Waals surface area (Å²) in [4.78, 5) is 0. The van der Waals surface area contributed by atoms with E-state index in [0.29, 0.717) is 6.04 Å². The van der Waals surface area contributed by atoms with Gasteiger partial charge in [-0.3, -0.25) is 0 Å². The molecule has 1 N–H and O–H groups in total. The Labute approximate surface area is 103 Å². The molecule has 0 aromatic rings. The maximum atomic E-state index is 3.58. The number of unbranched alkanes of at least 4 members (excludes halogenated alkanes) is 3. The second-order valence-corrected chi connectivity index (χ2v) is 4.93. The van der Waals surface area contributed by atoms with Crippen LogP contribution in [0.25, 0.3) is 0 Å². The number of hydrogen-bond donors (Lipinski definition) is 1. The molecule has 16 heavy (non-hydrogen) atoms. The van der Waals surface area contributed by atoms with E-state index in [2.05, 4.69) is 45.2 Å². The molecular formula is C15H31N. The summed E-state index contributed by atoms with van der Waals surface area (Å²) in [7, 11) is 0. The van der Waals surface area contributed by atoms with E-state index in [1.54, 1.807) is 0 Å². The molecule has 1 heteroatoms. The van der Waals surface area contributed by atoms with Crippen molar-refractivity contribution in [3.63, 3.8) is 0 Å². The van der Waals surface area contributed by atoms with Crippen molar-refractivity contribution in [3.8, 4) is 0 Å². The Kier molecular flexibility index (Phi) is 11.0. The summed E-state index contributed by atoms with van der Waals surface area (Å²) in [5.41, 5.74) is 0. The van der Waals surface area contributed by atoms with Crippen molar-refractivity contribution in [2.75, 3.05) is 6.54 Å². The highest BCUT2D eigenvalue weighted by atomic mass is 14.9. The Morgan fingerprint density at radius 3 is 2.38 bits per heavy atom. The minimum Gasteiger partial charge on any atom is -0.311 e. The van der Waals surface area contributed by atoms with Crippen LogP contribution in [0.15, 0.2) is 12.2 Å². The third-order valence-corrected chi connectivity index (χ3v) is 3.30. The molecule has 2 atom stereocenters. The summed E-state index contributed by atoms with van der Waals surface area (Å²) in [5, 5.41) is 3.58. The molecule has 0 spiro atoms. The summed E-state index contributed by atoms with van der Waals surface area (Å²) in [6.07, 6.45) is 12.5. The smallest absolute Gasteiger partial charge is 0.0137 e. The molecule has 2 unspecified atom stereocenters. The van der Waals surface area contributed by atoms with Gasteiger partial charge in [0.2, 0.25) is 0 Å². The maximum absolute atomic E-state index is 3.58. The average molecular weight is 225 g/mol. The van der Waals surface area contributed by atoms with Gasteiger partial charge in [-0.25, -0.2) is 0 Å². The molecule has 0 fully saturated rings. The second kappa shape index (κ2) is 11.2. The zero-order valence-electron chi connectivity index (χ0n) is 11.8. The Balaban J connectivity index is 3.50. The molecule has 0 radical (unpaired) electrons. The van der Waals surface area contributed by atoms with Crippen LogP contribution in [-0.2, 0) is 0 Å². The fourth-order valence-electron chi connectivity index (χ4n) is 1.79. The predicted molar refractivity (Wildman–Crippen MR) is 74.8 cm³/mol. The van der Waals surface area contributed by atoms with Gasteiger partial charge in [0.05, 0.1) is 0 Å². The Hall–Kier alpha value is -0.300. The van der Waals surface area contributed by atoms with Crippen molar-refractivity contribution in [2.45, 2.75) is 72.3 Å². The highest BCUT2D eigenvalue weighted by molar-refractivity contribution is 4.84. The van der Waals surface area contributed by atoms with Gasteiger partial charge >= 0.3 is 0 Å². The van der Waals surface area contributed by atoms with Crippen molar-refractivity contribution < 1.29 is 0 Å². The second-order valence-electron chi connectivity index (χ2n) is 4.93. The molecular weight excluding hydrogens is 194 g/mol. The average Bonchev–Trinajstić information content (AvgIpc) is 2.28. The lowest BCUT2D eigenvalue weighted by Crippen LogP contribution is -2.32. The van der Waals surface area contributed by atoms with E-state index in [1.165, 1.54) is 38.5 Å². The topological polar surface area (TPSA) is 12.0 Å². The quantitative estimate of drug-likeness (QED) is 0.425. The first kappa shape index (κ1) is 15.7. The van der Waals surface area contributed by atoms with Crippen LogP contribution < -0.4 is 5.32 Å². The first-order valence-electron chi connectivity index (χ1n) is 7.10. The lowest BCUT2D eigenvalue weighted by atomic mass is 9.96. The van der Waals surface area contributed by atoms with Gasteiger partial charge in [-0.1, -0.05) is 58.6 Å². The van der Waals surface area contributed by atoms with Gasteiger partial charge in [0.25, 0.3) is 0 Å². The zero-order chi connectivity index (χ0) is 12.2. The lowest BCUT2D eigenvalue weighted by molar-refractivity contribution is 0.378. The molecule has 0 aromatic heterocycles. The van der Waals surface area contributed by atoms with Gasteiger partial charge in [-0.05, 0) is 25.7 Å². The molecule has 0 bridgehead atoms. The Morgan fingerprint density at radius 1 is 1.00 bits per heavy atom. The van der Waals surface area contributed by atoms with E-state index in [0.717, 1.165) is 12.5 Å². The minimum atomic E-state index is 0.642. The zero-order valence-corrected chi connectivity index (χ0v) is 11.8. The lowest BCUT2D eigenvalue weighted by Gasteiger charge is -2.20. The van der Waals surface area contributed by atoms with Gasteiger partial charge in [-0.2, -0.15) is 0 Å². The first-order valence-corrected chi connectivity index (χ1v) is 7.10. The molecule has 0 aliphatic heterocycles. The standard InChI is InChI=1S/C15H31N/c1-5-7-9-11-13-16-15(4)14(3)12-10-8-6-2/h9,11,14-16H,5-8,10,12-13H2,1-4H3/b11-9-. The van der Waals surface area contributed by atoms with Gasteiger partial charge in [0, 0.05) is 12.6 Å². The SMILES string of the molecule is CCC/C=C\CNC(C)C(C)CCCCC. The normalized spacial score (nSPS) is 15.5. The molecule has 0 amide bonds. The summed E-state index contributed by atoms with van der Waals surface area (Å²) in [6.45, 7) is 10.2. The van der Waals surface area contributed by atoms with E-state index in [9.17, 15) is 0 Å². The summed E-state index contributed by atoms with van der Waals surface area (Å²) in [6, 6.07) is 0.642. The third-order valence-electron chi connectivity index (χ3n) is 3.30. The number of nitrogens with one attached hydrogen (secondary N) is 1. The van der Waals surface area contributed by atoms with Crippen molar-refractivity contribution in [1.82, 2.24) is 5.32 Å². The van der Waals surface area contributed by atoms with Gasteiger partial charge in [0.15, 0.2) is 0 Å². The summed E-state index contributed by atoms with van der Waals surface area (Å²) >= 11 is 0. The van der Waals surface area contributed by atoms with Crippen LogP contribution in [-0.4, -0.2) is 12.6 Å². The highest BCUT2D eigenvalue weighted by Crippen LogP contribution is 2.12. The van der Waals surface area contributed by atoms with Crippen LogP contribution in [0.5, 0.6) is 0 Å². The van der Waals surface area contributed by atoms with Crippen LogP contribution in [0.1, 0.15) is 66.2 Å². The fourth-order valence-corrected chi connectivity index (χ4v) is 1.79. The highest BCUT2D eigenvalue weighted by Gasteiger charge is 2.09. The van der Waals surface area contributed by atoms with Crippen LogP contribution >= 0.6 is 0 Å². The Bertz CT molecular complexity index is 163. The van der Waals surface area contributed by atoms with Crippen LogP contribution in [0.3, 0.4) is 0 Å². The fraction of sp³-hybridized carbons (Fsp3) is 0.867. The van der Waals surface area contributed by atoms with Crippen molar-refractivity contribution in [2.24, 2.45) is 5.92 Å². The largest absolute Gasteiger partial charge is 0.311 e. The number of allylic oxidation sites excluding steroid dienone is 1. The molecule has 0 rings (SSSR count). The molecule has 1 nitrogen and oxygen atoms in total. The minimum absolute atomic E-state index is 0.642. The van der Waals surface area contributed by atoms with Crippen molar-refractivity contribution in [3.05, 3.63) is 12.2 Å². The molecule has 0 aliphatic rings. The van der Waals surface area contributed by atoms with Crippen molar-refractivity contribution in [1.29, 1.82) is 0 Å². The molecule has 0 heterocycles. The summed E-state index contributed by atoms with van der Waals surface area (Å²) in [5.74, 6) is 0.797. The van der Waals surface area contributed by atoms with E-state index in [4.69, 9.17) is 0 Å². The predicted octanol–water partition coefficient (Wildman–Crippen LogP) is 4.54. The van der Waals surface area contributed by atoms with E-state index < -0.39 is 0 Å². The maximum Gasteiger partial charge on any atom is 0.0137 e. The van der Waals surface area contributed by atoms with E-state index in [-0.39, 0.29) is 0 Å². The third kappa shape index (κ3) is 8.96. The van der Waals surface area contributed by atoms with Crippen molar-refractivity contribution >= 4 is 0 Å². The van der Waals surface area contributed by atoms with Crippen LogP contribution in [0.4, 0.5) is 0 Å². The van der Waals surface area contributed by atoms with E-state index >= 15 is 0 Å². The molecule has 0 aliphatic carbocycles. The molecule has 0 saturated carbocycles. The molecule has 96 valence electrons. The molecule has 0 saturated heterocycles. The van der Waals surface area contributed by atoms with Gasteiger partial charge in [0.1, 0.15) is 0 Å². The van der Waals surface area contributed by atoms with Crippen LogP contribution in [0, 0.1) is 5.92 Å².